The van der Waals surface area contributed by atoms with E-state index in [9.17, 15) is 0 Å². The van der Waals surface area contributed by atoms with Crippen molar-refractivity contribution in [2.45, 2.75) is 0 Å². The first kappa shape index (κ1) is 12.5. The first-order chi connectivity index (χ1) is 10.3. The van der Waals surface area contributed by atoms with Crippen molar-refractivity contribution in [2.24, 2.45) is 0 Å². The van der Waals surface area contributed by atoms with Gasteiger partial charge in [0.15, 0.2) is 5.82 Å². The molecule has 4 rings (SSSR count). The quantitative estimate of drug-likeness (QED) is 0.558. The van der Waals surface area contributed by atoms with Gasteiger partial charge in [0.05, 0.1) is 0 Å². The molecule has 0 bridgehead atoms. The Labute approximate surface area is 129 Å². The van der Waals surface area contributed by atoms with Gasteiger partial charge in [0, 0.05) is 16.1 Å². The van der Waals surface area contributed by atoms with Gasteiger partial charge in [-0.25, -0.2) is 0 Å². The van der Waals surface area contributed by atoms with Gasteiger partial charge < -0.3 is 0 Å². The zero-order valence-corrected chi connectivity index (χ0v) is 12.3. The summed E-state index contributed by atoms with van der Waals surface area (Å²) in [6.45, 7) is 0. The van der Waals surface area contributed by atoms with E-state index in [1.54, 1.807) is 4.52 Å². The van der Waals surface area contributed by atoms with Gasteiger partial charge in [-0.3, -0.25) is 0 Å². The smallest absolute Gasteiger partial charge is 0.182 e. The predicted octanol–water partition coefficient (Wildman–Crippen LogP) is 4.17. The average Bonchev–Trinajstić information content (AvgIpc) is 3.08. The summed E-state index contributed by atoms with van der Waals surface area (Å²) in [6, 6.07) is 17.6. The second-order valence-corrected chi connectivity index (χ2v) is 5.89. The highest BCUT2D eigenvalue weighted by molar-refractivity contribution is 7.19. The first-order valence-electron chi connectivity index (χ1n) is 6.35. The van der Waals surface area contributed by atoms with Crippen LogP contribution in [0.3, 0.4) is 0 Å². The summed E-state index contributed by atoms with van der Waals surface area (Å²) < 4.78 is 1.77. The molecule has 4 aromatic rings. The molecular formula is C15H9ClN4S. The number of nitrogens with zero attached hydrogens (tertiary/aromatic N) is 4. The van der Waals surface area contributed by atoms with E-state index in [0.29, 0.717) is 5.02 Å². The van der Waals surface area contributed by atoms with Gasteiger partial charge in [-0.2, -0.15) is 9.61 Å². The summed E-state index contributed by atoms with van der Waals surface area (Å²) in [5, 5.41) is 14.6. The predicted molar refractivity (Wildman–Crippen MR) is 84.5 cm³/mol. The minimum Gasteiger partial charge on any atom is -0.182 e. The van der Waals surface area contributed by atoms with Gasteiger partial charge in [0.2, 0.25) is 4.96 Å². The van der Waals surface area contributed by atoms with Crippen LogP contribution in [0, 0.1) is 0 Å². The zero-order chi connectivity index (χ0) is 14.2. The lowest BCUT2D eigenvalue weighted by molar-refractivity contribution is 0.971. The molecule has 102 valence electrons. The summed E-state index contributed by atoms with van der Waals surface area (Å²) in [7, 11) is 0. The van der Waals surface area contributed by atoms with Crippen molar-refractivity contribution >= 4 is 27.9 Å². The minimum absolute atomic E-state index is 0.696. The molecule has 0 fully saturated rings. The highest BCUT2D eigenvalue weighted by Gasteiger charge is 2.14. The average molecular weight is 313 g/mol. The lowest BCUT2D eigenvalue weighted by Gasteiger charge is -1.97. The number of hydrogen-bond donors (Lipinski definition) is 0. The molecule has 0 unspecified atom stereocenters. The van der Waals surface area contributed by atoms with Crippen LogP contribution in [0.4, 0.5) is 0 Å². The minimum atomic E-state index is 0.696. The molecule has 0 spiro atoms. The van der Waals surface area contributed by atoms with Crippen molar-refractivity contribution < 1.29 is 0 Å². The third kappa shape index (κ3) is 2.20. The monoisotopic (exact) mass is 312 g/mol. The van der Waals surface area contributed by atoms with E-state index in [2.05, 4.69) is 15.3 Å². The van der Waals surface area contributed by atoms with Crippen molar-refractivity contribution in [3.05, 3.63) is 59.6 Å². The van der Waals surface area contributed by atoms with Crippen LogP contribution in [0.2, 0.25) is 5.02 Å². The van der Waals surface area contributed by atoms with Crippen molar-refractivity contribution in [2.75, 3.05) is 0 Å². The lowest BCUT2D eigenvalue weighted by atomic mass is 10.2. The second-order valence-electron chi connectivity index (χ2n) is 4.50. The SMILES string of the molecule is Clc1cccc(-c2nn3c(-c4ccccc4)nnc3s2)c1. The third-order valence-corrected chi connectivity index (χ3v) is 4.28. The van der Waals surface area contributed by atoms with E-state index >= 15 is 0 Å². The maximum absolute atomic E-state index is 6.04. The Bertz CT molecular complexity index is 914. The molecule has 0 radical (unpaired) electrons. The summed E-state index contributed by atoms with van der Waals surface area (Å²) in [4.78, 5) is 0.767. The third-order valence-electron chi connectivity index (χ3n) is 3.09. The molecule has 0 aliphatic rings. The van der Waals surface area contributed by atoms with Crippen molar-refractivity contribution in [1.29, 1.82) is 0 Å². The fourth-order valence-corrected chi connectivity index (χ4v) is 3.15. The van der Waals surface area contributed by atoms with Crippen molar-refractivity contribution in [3.63, 3.8) is 0 Å². The van der Waals surface area contributed by atoms with Crippen LogP contribution in [-0.4, -0.2) is 19.8 Å². The van der Waals surface area contributed by atoms with Crippen LogP contribution in [-0.2, 0) is 0 Å². The molecular weight excluding hydrogens is 304 g/mol. The van der Waals surface area contributed by atoms with Crippen LogP contribution in [0.5, 0.6) is 0 Å². The Morgan fingerprint density at radius 1 is 0.905 bits per heavy atom. The van der Waals surface area contributed by atoms with Crippen molar-refractivity contribution in [1.82, 2.24) is 19.8 Å². The van der Waals surface area contributed by atoms with Gasteiger partial charge in [0.1, 0.15) is 5.01 Å². The van der Waals surface area contributed by atoms with E-state index in [0.717, 1.165) is 26.9 Å². The van der Waals surface area contributed by atoms with Crippen LogP contribution in [0.1, 0.15) is 0 Å². The molecule has 0 aliphatic carbocycles. The molecule has 2 heterocycles. The fourth-order valence-electron chi connectivity index (χ4n) is 2.12. The Morgan fingerprint density at radius 3 is 2.52 bits per heavy atom. The Hall–Kier alpha value is -2.24. The van der Waals surface area contributed by atoms with Gasteiger partial charge >= 0.3 is 0 Å². The Morgan fingerprint density at radius 2 is 1.71 bits per heavy atom. The van der Waals surface area contributed by atoms with Gasteiger partial charge in [0.25, 0.3) is 0 Å². The number of hydrogen-bond acceptors (Lipinski definition) is 4. The fraction of sp³-hybridized carbons (Fsp3) is 0. The maximum Gasteiger partial charge on any atom is 0.235 e. The normalized spacial score (nSPS) is 11.1. The molecule has 6 heteroatoms. The highest BCUT2D eigenvalue weighted by atomic mass is 35.5. The second kappa shape index (κ2) is 4.95. The molecule has 0 amide bonds. The van der Waals surface area contributed by atoms with Gasteiger partial charge in [-0.05, 0) is 12.1 Å². The molecule has 4 nitrogen and oxygen atoms in total. The standard InChI is InChI=1S/C15H9ClN4S/c16-12-8-4-7-11(9-12)14-19-20-13(17-18-15(20)21-14)10-5-2-1-3-6-10/h1-9H. The summed E-state index contributed by atoms with van der Waals surface area (Å²) in [6.07, 6.45) is 0. The maximum atomic E-state index is 6.04. The lowest BCUT2D eigenvalue weighted by Crippen LogP contribution is -1.90. The first-order valence-corrected chi connectivity index (χ1v) is 7.54. The van der Waals surface area contributed by atoms with E-state index in [1.807, 2.05) is 54.6 Å². The van der Waals surface area contributed by atoms with Crippen LogP contribution in [0.25, 0.3) is 26.9 Å². The number of benzene rings is 2. The molecule has 0 atom stereocenters. The van der Waals surface area contributed by atoms with E-state index < -0.39 is 0 Å². The molecule has 0 aliphatic heterocycles. The molecule has 0 saturated carbocycles. The topological polar surface area (TPSA) is 43.1 Å². The van der Waals surface area contributed by atoms with Crippen LogP contribution in [0.15, 0.2) is 54.6 Å². The molecule has 0 saturated heterocycles. The molecule has 2 aromatic heterocycles. The van der Waals surface area contributed by atoms with E-state index in [1.165, 1.54) is 11.3 Å². The van der Waals surface area contributed by atoms with E-state index in [4.69, 9.17) is 11.6 Å². The van der Waals surface area contributed by atoms with Crippen LogP contribution >= 0.6 is 22.9 Å². The summed E-state index contributed by atoms with van der Waals surface area (Å²) in [5.41, 5.74) is 1.98. The summed E-state index contributed by atoms with van der Waals surface area (Å²) >= 11 is 7.53. The Kier molecular flexibility index (Phi) is 2.94. The highest BCUT2D eigenvalue weighted by Crippen LogP contribution is 2.29. The van der Waals surface area contributed by atoms with Crippen LogP contribution < -0.4 is 0 Å². The van der Waals surface area contributed by atoms with Gasteiger partial charge in [-0.15, -0.1) is 10.2 Å². The van der Waals surface area contributed by atoms with Crippen molar-refractivity contribution in [3.8, 4) is 22.0 Å². The summed E-state index contributed by atoms with van der Waals surface area (Å²) in [5.74, 6) is 0.745. The molecule has 2 aromatic carbocycles. The number of fused-ring (bicyclic) bond motifs is 1. The zero-order valence-electron chi connectivity index (χ0n) is 10.8. The van der Waals surface area contributed by atoms with Gasteiger partial charge in [-0.1, -0.05) is 65.4 Å². The largest absolute Gasteiger partial charge is 0.235 e. The molecule has 0 N–H and O–H groups in total. The number of rotatable bonds is 2. The molecule has 21 heavy (non-hydrogen) atoms. The number of aromatic nitrogens is 4. The van der Waals surface area contributed by atoms with E-state index in [-0.39, 0.29) is 0 Å². The number of halogens is 1. The Balaban J connectivity index is 1.87.